The number of esters is 1. The molecule has 1 aromatic heterocycles. The Morgan fingerprint density at radius 2 is 1.69 bits per heavy atom. The second-order valence-electron chi connectivity index (χ2n) is 11.0. The summed E-state index contributed by atoms with van der Waals surface area (Å²) in [5.74, 6) is -1.05. The molecule has 5 rings (SSSR count). The van der Waals surface area contributed by atoms with E-state index in [9.17, 15) is 24.6 Å². The lowest BCUT2D eigenvalue weighted by molar-refractivity contribution is -0.245. The van der Waals surface area contributed by atoms with Gasteiger partial charge in [0.1, 0.15) is 11.6 Å². The highest BCUT2D eigenvalue weighted by atomic mass is 32.2. The molecule has 1 saturated heterocycles. The molecule has 0 spiro atoms. The quantitative estimate of drug-likeness (QED) is 0.104. The van der Waals surface area contributed by atoms with Gasteiger partial charge in [-0.25, -0.2) is 14.6 Å². The highest BCUT2D eigenvalue weighted by molar-refractivity contribution is 7.99. The summed E-state index contributed by atoms with van der Waals surface area (Å²) in [5.41, 5.74) is 5.54. The highest BCUT2D eigenvalue weighted by Gasteiger charge is 2.32. The first-order valence-corrected chi connectivity index (χ1v) is 16.5. The summed E-state index contributed by atoms with van der Waals surface area (Å²) >= 11 is 1.34. The number of hydrogen-bond acceptors (Lipinski definition) is 9. The number of carboxylic acids is 1. The molecule has 2 amide bonds. The number of pyridine rings is 1. The molecule has 11 nitrogen and oxygen atoms in total. The third-order valence-electron chi connectivity index (χ3n) is 7.62. The molecule has 3 aromatic carbocycles. The van der Waals surface area contributed by atoms with Crippen molar-refractivity contribution >= 4 is 29.7 Å². The van der Waals surface area contributed by atoms with E-state index in [0.717, 1.165) is 33.4 Å². The maximum Gasteiger partial charge on any atom is 0.338 e. The third kappa shape index (κ3) is 9.41. The Morgan fingerprint density at radius 1 is 0.917 bits per heavy atom. The molecule has 0 aliphatic carbocycles. The van der Waals surface area contributed by atoms with E-state index in [0.29, 0.717) is 17.2 Å². The lowest BCUT2D eigenvalue weighted by Crippen LogP contribution is -2.38. The summed E-state index contributed by atoms with van der Waals surface area (Å²) in [7, 11) is 0. The van der Waals surface area contributed by atoms with E-state index in [1.54, 1.807) is 19.2 Å². The third-order valence-corrected chi connectivity index (χ3v) is 8.75. The van der Waals surface area contributed by atoms with Crippen molar-refractivity contribution in [3.8, 4) is 11.1 Å². The van der Waals surface area contributed by atoms with Gasteiger partial charge >= 0.3 is 18.0 Å². The average molecular weight is 672 g/mol. The van der Waals surface area contributed by atoms with Crippen molar-refractivity contribution in [2.75, 3.05) is 18.9 Å². The number of rotatable bonds is 13. The van der Waals surface area contributed by atoms with Crippen molar-refractivity contribution in [2.45, 2.75) is 50.0 Å². The van der Waals surface area contributed by atoms with Crippen molar-refractivity contribution in [1.82, 2.24) is 15.6 Å². The lowest BCUT2D eigenvalue weighted by Gasteiger charge is -2.36. The molecule has 0 unspecified atom stereocenters. The number of thioether (sulfide) groups is 1. The molecule has 0 bridgehead atoms. The first-order chi connectivity index (χ1) is 23.3. The molecule has 1 aliphatic heterocycles. The molecule has 2 heterocycles. The average Bonchev–Trinajstić information content (AvgIpc) is 3.12. The van der Waals surface area contributed by atoms with Gasteiger partial charge in [-0.1, -0.05) is 66.7 Å². The molecular weight excluding hydrogens is 634 g/mol. The van der Waals surface area contributed by atoms with Crippen LogP contribution in [-0.4, -0.2) is 58.2 Å². The zero-order valence-corrected chi connectivity index (χ0v) is 27.2. The number of aliphatic hydroxyl groups is 1. The Labute approximate surface area is 282 Å². The number of aromatic carboxylic acids is 1. The van der Waals surface area contributed by atoms with E-state index in [1.165, 1.54) is 17.8 Å². The molecule has 4 aromatic rings. The Balaban J connectivity index is 1.27. The molecular formula is C36H37N3O8S. The summed E-state index contributed by atoms with van der Waals surface area (Å²) in [6.07, 6.45) is 0.901. The highest BCUT2D eigenvalue weighted by Crippen LogP contribution is 2.40. The second kappa shape index (κ2) is 16.9. The number of urea groups is 1. The Hall–Kier alpha value is -4.75. The molecule has 1 aliphatic rings. The van der Waals surface area contributed by atoms with Crippen molar-refractivity contribution in [2.24, 2.45) is 0 Å². The molecule has 12 heteroatoms. The number of nitrogens with one attached hydrogen (secondary N) is 2. The van der Waals surface area contributed by atoms with Crippen molar-refractivity contribution in [3.63, 3.8) is 0 Å². The Kier molecular flexibility index (Phi) is 12.2. The van der Waals surface area contributed by atoms with Gasteiger partial charge in [0.05, 0.1) is 31.0 Å². The summed E-state index contributed by atoms with van der Waals surface area (Å²) in [4.78, 5) is 39.6. The number of aromatic nitrogens is 1. The maximum absolute atomic E-state index is 12.1. The van der Waals surface area contributed by atoms with Crippen LogP contribution in [0.2, 0.25) is 0 Å². The first kappa shape index (κ1) is 34.6. The predicted molar refractivity (Wildman–Crippen MR) is 179 cm³/mol. The predicted octanol–water partition coefficient (Wildman–Crippen LogP) is 5.64. The fourth-order valence-electron chi connectivity index (χ4n) is 5.17. The van der Waals surface area contributed by atoms with Crippen LogP contribution in [0.4, 0.5) is 4.79 Å². The zero-order valence-electron chi connectivity index (χ0n) is 26.3. The first-order valence-electron chi connectivity index (χ1n) is 15.5. The van der Waals surface area contributed by atoms with Crippen LogP contribution in [0.15, 0.2) is 96.2 Å². The number of carbonyl (C=O) groups excluding carboxylic acids is 2. The summed E-state index contributed by atoms with van der Waals surface area (Å²) in [6, 6.07) is 26.0. The lowest BCUT2D eigenvalue weighted by atomic mass is 9.99. The van der Waals surface area contributed by atoms with Crippen LogP contribution in [0.3, 0.4) is 0 Å². The van der Waals surface area contributed by atoms with E-state index in [-0.39, 0.29) is 44.1 Å². The van der Waals surface area contributed by atoms with E-state index >= 15 is 0 Å². The van der Waals surface area contributed by atoms with Crippen LogP contribution in [0.1, 0.15) is 58.4 Å². The SMILES string of the molecule is CCOC(=O)CNC(=O)NCc1cccc(-c2ccc([C@H]3O[C@@H](CSc4ncccc4C(=O)O)C[C@@H](c4ccc(CO)cc4)O3)cc2)c1. The molecule has 250 valence electrons. The van der Waals surface area contributed by atoms with E-state index in [4.69, 9.17) is 14.2 Å². The normalized spacial score (nSPS) is 17.3. The van der Waals surface area contributed by atoms with Gasteiger partial charge < -0.3 is 35.1 Å². The van der Waals surface area contributed by atoms with Crippen molar-refractivity contribution < 1.29 is 38.8 Å². The van der Waals surface area contributed by atoms with Gasteiger partial charge in [-0.3, -0.25) is 4.79 Å². The minimum absolute atomic E-state index is 0.0506. The molecule has 4 N–H and O–H groups in total. The van der Waals surface area contributed by atoms with Gasteiger partial charge in [-0.15, -0.1) is 11.8 Å². The summed E-state index contributed by atoms with van der Waals surface area (Å²) in [6.45, 7) is 1.98. The van der Waals surface area contributed by atoms with Crippen LogP contribution in [-0.2, 0) is 32.2 Å². The number of carbonyl (C=O) groups is 3. The number of amides is 2. The smallest absolute Gasteiger partial charge is 0.338 e. The van der Waals surface area contributed by atoms with Crippen molar-refractivity contribution in [1.29, 1.82) is 0 Å². The number of aliphatic hydroxyl groups excluding tert-OH is 1. The standard InChI is InChI=1S/C36H37N3O8S/c1-2-45-32(41)20-39-36(44)38-19-24-5-3-6-28(17-24)25-12-14-27(15-13-25)35-46-29(22-48-33-30(34(42)43)7-4-16-37-33)18-31(47-35)26-10-8-23(21-40)9-11-26/h3-17,29,31,35,40H,2,18-22H2,1H3,(H,42,43)(H2,38,39,44)/t29-,31+,35+/m1/s1. The summed E-state index contributed by atoms with van der Waals surface area (Å²) < 4.78 is 17.7. The number of hydrogen-bond donors (Lipinski definition) is 4. The molecule has 48 heavy (non-hydrogen) atoms. The van der Waals surface area contributed by atoms with Crippen LogP contribution in [0.5, 0.6) is 0 Å². The number of nitrogens with zero attached hydrogens (tertiary/aromatic N) is 1. The van der Waals surface area contributed by atoms with E-state index < -0.39 is 24.3 Å². The van der Waals surface area contributed by atoms with Gasteiger partial charge in [0, 0.05) is 30.5 Å². The topological polar surface area (TPSA) is 156 Å². The van der Waals surface area contributed by atoms with Gasteiger partial charge in [0.2, 0.25) is 0 Å². The number of carboxylic acid groups (broad SMARTS) is 1. The van der Waals surface area contributed by atoms with Gasteiger partial charge in [0.15, 0.2) is 6.29 Å². The second-order valence-corrected chi connectivity index (χ2v) is 12.0. The molecule has 1 fully saturated rings. The molecule has 0 saturated carbocycles. The van der Waals surface area contributed by atoms with Crippen LogP contribution < -0.4 is 10.6 Å². The minimum Gasteiger partial charge on any atom is -0.478 e. The Morgan fingerprint density at radius 3 is 2.42 bits per heavy atom. The monoisotopic (exact) mass is 671 g/mol. The summed E-state index contributed by atoms with van der Waals surface area (Å²) in [5, 5.41) is 24.7. The Bertz CT molecular complexity index is 1700. The van der Waals surface area contributed by atoms with Gasteiger partial charge in [-0.05, 0) is 52.9 Å². The van der Waals surface area contributed by atoms with Gasteiger partial charge in [0.25, 0.3) is 0 Å². The van der Waals surface area contributed by atoms with Crippen molar-refractivity contribution in [3.05, 3.63) is 119 Å². The minimum atomic E-state index is -1.03. The van der Waals surface area contributed by atoms with Crippen LogP contribution in [0, 0.1) is 0 Å². The fraction of sp³-hybridized carbons (Fsp3) is 0.278. The number of benzene rings is 3. The maximum atomic E-state index is 12.1. The number of ether oxygens (including phenoxy) is 3. The van der Waals surface area contributed by atoms with E-state index in [1.807, 2.05) is 72.8 Å². The van der Waals surface area contributed by atoms with E-state index in [2.05, 4.69) is 15.6 Å². The zero-order chi connectivity index (χ0) is 33.9. The fourth-order valence-corrected chi connectivity index (χ4v) is 6.17. The van der Waals surface area contributed by atoms with Crippen LogP contribution in [0.25, 0.3) is 11.1 Å². The van der Waals surface area contributed by atoms with Crippen LogP contribution >= 0.6 is 11.8 Å². The molecule has 0 radical (unpaired) electrons. The molecule has 3 atom stereocenters. The van der Waals surface area contributed by atoms with Gasteiger partial charge in [-0.2, -0.15) is 0 Å². The largest absolute Gasteiger partial charge is 0.478 e.